The number of nitrogen functional groups attached to an aromatic ring is 1. The number of morpholine rings is 1. The molecular formula is C12H21N5O2. The van der Waals surface area contributed by atoms with Gasteiger partial charge >= 0.3 is 6.01 Å². The van der Waals surface area contributed by atoms with Gasteiger partial charge in [0.05, 0.1) is 24.9 Å². The number of aromatic nitrogens is 3. The van der Waals surface area contributed by atoms with Gasteiger partial charge in [-0.3, -0.25) is 0 Å². The zero-order valence-corrected chi connectivity index (χ0v) is 11.8. The Bertz CT molecular complexity index is 440. The summed E-state index contributed by atoms with van der Waals surface area (Å²) >= 11 is 0. The minimum atomic E-state index is -0.00399. The Morgan fingerprint density at radius 1 is 1.32 bits per heavy atom. The van der Waals surface area contributed by atoms with Crippen LogP contribution < -0.4 is 15.4 Å². The lowest BCUT2D eigenvalue weighted by atomic mass is 10.2. The maximum atomic E-state index is 5.72. The van der Waals surface area contributed by atoms with Crippen molar-refractivity contribution in [2.45, 2.75) is 45.9 Å². The first kappa shape index (κ1) is 13.8. The predicted molar refractivity (Wildman–Crippen MR) is 72.2 cm³/mol. The Hall–Kier alpha value is -1.63. The average molecular weight is 267 g/mol. The van der Waals surface area contributed by atoms with E-state index in [1.165, 1.54) is 0 Å². The van der Waals surface area contributed by atoms with Crippen molar-refractivity contribution in [3.05, 3.63) is 0 Å². The van der Waals surface area contributed by atoms with Gasteiger partial charge in [-0.25, -0.2) is 0 Å². The molecule has 0 aliphatic carbocycles. The van der Waals surface area contributed by atoms with Crippen LogP contribution >= 0.6 is 0 Å². The van der Waals surface area contributed by atoms with Crippen molar-refractivity contribution < 1.29 is 9.47 Å². The first-order valence-corrected chi connectivity index (χ1v) is 6.52. The fourth-order valence-electron chi connectivity index (χ4n) is 1.93. The zero-order chi connectivity index (χ0) is 14.0. The van der Waals surface area contributed by atoms with Crippen molar-refractivity contribution in [3.8, 4) is 6.01 Å². The molecule has 1 aliphatic heterocycles. The highest BCUT2D eigenvalue weighted by atomic mass is 16.5. The van der Waals surface area contributed by atoms with Gasteiger partial charge in [-0.1, -0.05) is 0 Å². The molecule has 7 heteroatoms. The molecule has 2 rings (SSSR count). The molecule has 1 saturated heterocycles. The highest BCUT2D eigenvalue weighted by Gasteiger charge is 2.26. The van der Waals surface area contributed by atoms with E-state index >= 15 is 0 Å². The normalized spacial score (nSPS) is 23.7. The Morgan fingerprint density at radius 3 is 2.74 bits per heavy atom. The summed E-state index contributed by atoms with van der Waals surface area (Å²) in [5, 5.41) is 0. The second kappa shape index (κ2) is 5.56. The highest BCUT2D eigenvalue weighted by molar-refractivity contribution is 5.37. The largest absolute Gasteiger partial charge is 0.461 e. The molecule has 0 aromatic carbocycles. The van der Waals surface area contributed by atoms with E-state index in [1.54, 1.807) is 0 Å². The number of nitrogens with zero attached hydrogens (tertiary/aromatic N) is 4. The number of nitrogens with two attached hydrogens (primary N) is 1. The molecule has 2 atom stereocenters. The molecule has 1 aliphatic rings. The third kappa shape index (κ3) is 3.44. The van der Waals surface area contributed by atoms with E-state index in [1.807, 2.05) is 20.8 Å². The lowest BCUT2D eigenvalue weighted by Gasteiger charge is -2.36. The van der Waals surface area contributed by atoms with Crippen molar-refractivity contribution in [2.75, 3.05) is 23.8 Å². The summed E-state index contributed by atoms with van der Waals surface area (Å²) in [5.41, 5.74) is 5.72. The van der Waals surface area contributed by atoms with Crippen molar-refractivity contribution in [1.82, 2.24) is 15.0 Å². The smallest absolute Gasteiger partial charge is 0.323 e. The summed E-state index contributed by atoms with van der Waals surface area (Å²) < 4.78 is 11.1. The summed E-state index contributed by atoms with van der Waals surface area (Å²) in [6.07, 6.45) is 0.138. The molecule has 2 unspecified atom stereocenters. The standard InChI is InChI=1S/C12H21N5O2/c1-7(2)19-12-15-10(13)14-11(16-12)17-5-9(4)18-6-8(17)3/h7-9H,5-6H2,1-4H3,(H2,13,14,15,16). The fraction of sp³-hybridized carbons (Fsp3) is 0.750. The maximum absolute atomic E-state index is 5.72. The van der Waals surface area contributed by atoms with E-state index in [2.05, 4.69) is 26.8 Å². The van der Waals surface area contributed by atoms with Gasteiger partial charge in [-0.05, 0) is 27.7 Å². The molecule has 0 radical (unpaired) electrons. The second-order valence-electron chi connectivity index (χ2n) is 5.09. The van der Waals surface area contributed by atoms with E-state index in [0.717, 1.165) is 6.54 Å². The molecule has 19 heavy (non-hydrogen) atoms. The number of hydrogen-bond donors (Lipinski definition) is 1. The van der Waals surface area contributed by atoms with Crippen molar-refractivity contribution in [1.29, 1.82) is 0 Å². The molecular weight excluding hydrogens is 246 g/mol. The van der Waals surface area contributed by atoms with Crippen LogP contribution in [-0.2, 0) is 4.74 Å². The molecule has 2 N–H and O–H groups in total. The Balaban J connectivity index is 2.25. The third-order valence-electron chi connectivity index (χ3n) is 2.83. The third-order valence-corrected chi connectivity index (χ3v) is 2.83. The van der Waals surface area contributed by atoms with Gasteiger partial charge in [0.15, 0.2) is 0 Å². The Morgan fingerprint density at radius 2 is 2.05 bits per heavy atom. The number of anilines is 2. The maximum Gasteiger partial charge on any atom is 0.323 e. The molecule has 1 aromatic rings. The summed E-state index contributed by atoms with van der Waals surface area (Å²) in [6.45, 7) is 9.29. The Labute approximate surface area is 113 Å². The van der Waals surface area contributed by atoms with E-state index in [9.17, 15) is 0 Å². The van der Waals surface area contributed by atoms with Crippen LogP contribution in [0.2, 0.25) is 0 Å². The Kier molecular flexibility index (Phi) is 4.04. The quantitative estimate of drug-likeness (QED) is 0.868. The van der Waals surface area contributed by atoms with Crippen LogP contribution in [0.1, 0.15) is 27.7 Å². The van der Waals surface area contributed by atoms with Gasteiger partial charge in [0.2, 0.25) is 11.9 Å². The first-order valence-electron chi connectivity index (χ1n) is 6.52. The van der Waals surface area contributed by atoms with Gasteiger partial charge in [0.1, 0.15) is 0 Å². The SMILES string of the molecule is CC(C)Oc1nc(N)nc(N2CC(C)OCC2C)n1. The summed E-state index contributed by atoms with van der Waals surface area (Å²) in [6, 6.07) is 0.466. The average Bonchev–Trinajstić information content (AvgIpc) is 2.30. The molecule has 7 nitrogen and oxygen atoms in total. The molecule has 106 valence electrons. The summed E-state index contributed by atoms with van der Waals surface area (Å²) in [5.74, 6) is 0.720. The number of hydrogen-bond acceptors (Lipinski definition) is 7. The predicted octanol–water partition coefficient (Wildman–Crippen LogP) is 0.855. The van der Waals surface area contributed by atoms with Crippen molar-refractivity contribution in [2.24, 2.45) is 0 Å². The first-order chi connectivity index (χ1) is 8.95. The fourth-order valence-corrected chi connectivity index (χ4v) is 1.93. The molecule has 2 heterocycles. The zero-order valence-electron chi connectivity index (χ0n) is 11.8. The molecule has 0 spiro atoms. The monoisotopic (exact) mass is 267 g/mol. The van der Waals surface area contributed by atoms with Crippen LogP contribution in [0.3, 0.4) is 0 Å². The van der Waals surface area contributed by atoms with Gasteiger partial charge in [0, 0.05) is 6.54 Å². The van der Waals surface area contributed by atoms with Crippen LogP contribution in [0.5, 0.6) is 6.01 Å². The van der Waals surface area contributed by atoms with Crippen LogP contribution in [0.4, 0.5) is 11.9 Å². The number of ether oxygens (including phenoxy) is 2. The van der Waals surface area contributed by atoms with Gasteiger partial charge < -0.3 is 20.1 Å². The summed E-state index contributed by atoms with van der Waals surface area (Å²) in [7, 11) is 0. The van der Waals surface area contributed by atoms with E-state index < -0.39 is 0 Å². The van der Waals surface area contributed by atoms with E-state index in [-0.39, 0.29) is 30.2 Å². The highest BCUT2D eigenvalue weighted by Crippen LogP contribution is 2.20. The van der Waals surface area contributed by atoms with E-state index in [0.29, 0.717) is 12.6 Å². The van der Waals surface area contributed by atoms with Gasteiger partial charge in [0.25, 0.3) is 0 Å². The van der Waals surface area contributed by atoms with Gasteiger partial charge in [-0.15, -0.1) is 0 Å². The van der Waals surface area contributed by atoms with Gasteiger partial charge in [-0.2, -0.15) is 15.0 Å². The van der Waals surface area contributed by atoms with Crippen LogP contribution in [-0.4, -0.2) is 46.4 Å². The second-order valence-corrected chi connectivity index (χ2v) is 5.09. The molecule has 1 aromatic heterocycles. The van der Waals surface area contributed by atoms with Crippen molar-refractivity contribution in [3.63, 3.8) is 0 Å². The molecule has 0 bridgehead atoms. The minimum absolute atomic E-state index is 0.00399. The van der Waals surface area contributed by atoms with Crippen LogP contribution in [0.25, 0.3) is 0 Å². The summed E-state index contributed by atoms with van der Waals surface area (Å²) in [4.78, 5) is 14.6. The van der Waals surface area contributed by atoms with E-state index in [4.69, 9.17) is 15.2 Å². The topological polar surface area (TPSA) is 86.4 Å². The van der Waals surface area contributed by atoms with Crippen LogP contribution in [0.15, 0.2) is 0 Å². The lowest BCUT2D eigenvalue weighted by molar-refractivity contribution is 0.0336. The van der Waals surface area contributed by atoms with Crippen LogP contribution in [0, 0.1) is 0 Å². The minimum Gasteiger partial charge on any atom is -0.461 e. The lowest BCUT2D eigenvalue weighted by Crippen LogP contribution is -2.48. The number of rotatable bonds is 3. The van der Waals surface area contributed by atoms with Crippen molar-refractivity contribution >= 4 is 11.9 Å². The molecule has 1 fully saturated rings. The molecule has 0 saturated carbocycles. The molecule has 0 amide bonds.